The van der Waals surface area contributed by atoms with Crippen LogP contribution in [0.2, 0.25) is 0 Å². The number of rotatable bonds is 4. The minimum absolute atomic E-state index is 0.00637. The molecule has 0 heterocycles. The van der Waals surface area contributed by atoms with Crippen LogP contribution in [0.15, 0.2) is 42.5 Å². The van der Waals surface area contributed by atoms with E-state index < -0.39 is 0 Å². The van der Waals surface area contributed by atoms with Crippen molar-refractivity contribution in [1.29, 1.82) is 0 Å². The molecule has 0 amide bonds. The van der Waals surface area contributed by atoms with Crippen molar-refractivity contribution in [3.05, 3.63) is 42.5 Å². The van der Waals surface area contributed by atoms with Crippen molar-refractivity contribution >= 4 is 28.2 Å². The largest absolute Gasteiger partial charge is 0.486 e. The highest BCUT2D eigenvalue weighted by molar-refractivity contribution is 6.27. The Balaban J connectivity index is 2.16. The van der Waals surface area contributed by atoms with E-state index >= 15 is 0 Å². The van der Waals surface area contributed by atoms with Gasteiger partial charge in [-0.2, -0.15) is 0 Å². The van der Waals surface area contributed by atoms with E-state index in [1.54, 1.807) is 0 Å². The first kappa shape index (κ1) is 11.0. The minimum Gasteiger partial charge on any atom is -0.486 e. The number of hydrogen-bond donors (Lipinski definition) is 0. The summed E-state index contributed by atoms with van der Waals surface area (Å²) in [7, 11) is 0. The van der Waals surface area contributed by atoms with Crippen LogP contribution >= 0.6 is 11.6 Å². The summed E-state index contributed by atoms with van der Waals surface area (Å²) in [5, 5.41) is 2.25. The van der Waals surface area contributed by atoms with Gasteiger partial charge in [-0.25, -0.2) is 0 Å². The van der Waals surface area contributed by atoms with Gasteiger partial charge in [0.1, 0.15) is 12.4 Å². The molecular weight excluding hydrogens is 224 g/mol. The summed E-state index contributed by atoms with van der Waals surface area (Å²) in [4.78, 5) is 11.0. The van der Waals surface area contributed by atoms with Crippen LogP contribution in [0.25, 0.3) is 10.8 Å². The van der Waals surface area contributed by atoms with Crippen LogP contribution in [0, 0.1) is 0 Å². The molecule has 2 nitrogen and oxygen atoms in total. The van der Waals surface area contributed by atoms with Crippen molar-refractivity contribution in [1.82, 2.24) is 0 Å². The number of alkyl halides is 1. The second-order valence-corrected chi connectivity index (χ2v) is 3.74. The van der Waals surface area contributed by atoms with Gasteiger partial charge < -0.3 is 4.74 Å². The molecule has 0 fully saturated rings. The summed E-state index contributed by atoms with van der Waals surface area (Å²) in [6.07, 6.45) is 0. The molecule has 16 heavy (non-hydrogen) atoms. The molecule has 2 aromatic carbocycles. The number of Topliss-reactive ketones (excluding diaryl/α,β-unsaturated/α-hetero) is 1. The van der Waals surface area contributed by atoms with Crippen molar-refractivity contribution in [2.24, 2.45) is 0 Å². The smallest absolute Gasteiger partial charge is 0.184 e. The van der Waals surface area contributed by atoms with E-state index in [0.29, 0.717) is 5.75 Å². The summed E-state index contributed by atoms with van der Waals surface area (Å²) in [5.74, 6) is 0.570. The highest BCUT2D eigenvalue weighted by Crippen LogP contribution is 2.20. The molecule has 2 aromatic rings. The molecule has 0 aliphatic carbocycles. The molecule has 0 N–H and O–H groups in total. The van der Waals surface area contributed by atoms with E-state index in [9.17, 15) is 4.79 Å². The van der Waals surface area contributed by atoms with Crippen molar-refractivity contribution in [3.8, 4) is 5.75 Å². The molecule has 0 unspecified atom stereocenters. The van der Waals surface area contributed by atoms with Crippen LogP contribution in [-0.2, 0) is 4.79 Å². The quantitative estimate of drug-likeness (QED) is 0.761. The van der Waals surface area contributed by atoms with Gasteiger partial charge in [0.15, 0.2) is 5.78 Å². The van der Waals surface area contributed by atoms with E-state index in [2.05, 4.69) is 0 Å². The third-order valence-corrected chi connectivity index (χ3v) is 2.57. The number of hydrogen-bond acceptors (Lipinski definition) is 2. The molecule has 0 radical (unpaired) electrons. The van der Waals surface area contributed by atoms with Gasteiger partial charge in [-0.3, -0.25) is 4.79 Å². The zero-order valence-corrected chi connectivity index (χ0v) is 9.41. The van der Waals surface area contributed by atoms with Gasteiger partial charge in [0.2, 0.25) is 0 Å². The van der Waals surface area contributed by atoms with Crippen LogP contribution < -0.4 is 4.74 Å². The predicted octanol–water partition coefficient (Wildman–Crippen LogP) is 3.03. The number of ketones is 1. The fourth-order valence-corrected chi connectivity index (χ4v) is 1.54. The summed E-state index contributed by atoms with van der Waals surface area (Å²) < 4.78 is 5.33. The van der Waals surface area contributed by atoms with E-state index in [4.69, 9.17) is 16.3 Å². The number of halogens is 1. The van der Waals surface area contributed by atoms with Crippen molar-refractivity contribution in [2.75, 3.05) is 12.5 Å². The molecule has 2 rings (SSSR count). The molecule has 82 valence electrons. The first-order chi connectivity index (χ1) is 7.79. The third-order valence-electron chi connectivity index (χ3n) is 2.27. The summed E-state index contributed by atoms with van der Waals surface area (Å²) in [5.41, 5.74) is 0. The Bertz CT molecular complexity index is 508. The SMILES string of the molecule is O=C(CCl)COc1ccc2ccccc2c1. The van der Waals surface area contributed by atoms with E-state index in [1.807, 2.05) is 42.5 Å². The highest BCUT2D eigenvalue weighted by Gasteiger charge is 2.01. The highest BCUT2D eigenvalue weighted by atomic mass is 35.5. The van der Waals surface area contributed by atoms with Crippen LogP contribution in [0.5, 0.6) is 5.75 Å². The van der Waals surface area contributed by atoms with Crippen LogP contribution in [0.3, 0.4) is 0 Å². The van der Waals surface area contributed by atoms with Gasteiger partial charge in [-0.1, -0.05) is 30.3 Å². The molecule has 3 heteroatoms. The predicted molar refractivity (Wildman–Crippen MR) is 65.2 cm³/mol. The van der Waals surface area contributed by atoms with Crippen molar-refractivity contribution in [3.63, 3.8) is 0 Å². The van der Waals surface area contributed by atoms with Crippen molar-refractivity contribution < 1.29 is 9.53 Å². The molecule has 0 saturated heterocycles. The van der Waals surface area contributed by atoms with Gasteiger partial charge in [-0.15, -0.1) is 11.6 Å². The number of benzene rings is 2. The lowest BCUT2D eigenvalue weighted by Gasteiger charge is -2.05. The Morgan fingerprint density at radius 1 is 1.12 bits per heavy atom. The number of carbonyl (C=O) groups is 1. The molecule has 0 saturated carbocycles. The maximum atomic E-state index is 11.0. The first-order valence-electron chi connectivity index (χ1n) is 4.99. The fourth-order valence-electron chi connectivity index (χ4n) is 1.46. The molecule has 0 aromatic heterocycles. The van der Waals surface area contributed by atoms with Gasteiger partial charge in [0.25, 0.3) is 0 Å². The number of fused-ring (bicyclic) bond motifs is 1. The lowest BCUT2D eigenvalue weighted by Crippen LogP contribution is -2.11. The van der Waals surface area contributed by atoms with Crippen molar-refractivity contribution in [2.45, 2.75) is 0 Å². The second-order valence-electron chi connectivity index (χ2n) is 3.47. The van der Waals surface area contributed by atoms with E-state index in [1.165, 1.54) is 0 Å². The Morgan fingerprint density at radius 2 is 1.88 bits per heavy atom. The van der Waals surface area contributed by atoms with E-state index in [-0.39, 0.29) is 18.3 Å². The maximum Gasteiger partial charge on any atom is 0.184 e. The third kappa shape index (κ3) is 2.52. The average Bonchev–Trinajstić information content (AvgIpc) is 2.35. The van der Waals surface area contributed by atoms with Crippen LogP contribution in [0.4, 0.5) is 0 Å². The Hall–Kier alpha value is -1.54. The normalized spacial score (nSPS) is 10.3. The lowest BCUT2D eigenvalue weighted by molar-refractivity contribution is -0.118. The number of ether oxygens (including phenoxy) is 1. The topological polar surface area (TPSA) is 26.3 Å². The zero-order chi connectivity index (χ0) is 11.4. The molecule has 0 atom stereocenters. The summed E-state index contributed by atoms with van der Waals surface area (Å²) >= 11 is 5.38. The Labute approximate surface area is 98.8 Å². The van der Waals surface area contributed by atoms with Crippen LogP contribution in [0.1, 0.15) is 0 Å². The van der Waals surface area contributed by atoms with Gasteiger partial charge >= 0.3 is 0 Å². The van der Waals surface area contributed by atoms with E-state index in [0.717, 1.165) is 10.8 Å². The molecule has 0 bridgehead atoms. The maximum absolute atomic E-state index is 11.0. The number of carbonyl (C=O) groups excluding carboxylic acids is 1. The molecule has 0 spiro atoms. The van der Waals surface area contributed by atoms with Gasteiger partial charge in [-0.05, 0) is 22.9 Å². The molecule has 0 aliphatic heterocycles. The zero-order valence-electron chi connectivity index (χ0n) is 8.65. The lowest BCUT2D eigenvalue weighted by atomic mass is 10.1. The Morgan fingerprint density at radius 3 is 2.62 bits per heavy atom. The van der Waals surface area contributed by atoms with Gasteiger partial charge in [0, 0.05) is 0 Å². The molecular formula is C13H11ClO2. The van der Waals surface area contributed by atoms with Gasteiger partial charge in [0.05, 0.1) is 5.88 Å². The monoisotopic (exact) mass is 234 g/mol. The first-order valence-corrected chi connectivity index (χ1v) is 5.52. The average molecular weight is 235 g/mol. The standard InChI is InChI=1S/C13H11ClO2/c14-8-12(15)9-16-13-6-5-10-3-1-2-4-11(10)7-13/h1-7H,8-9H2. The summed E-state index contributed by atoms with van der Waals surface area (Å²) in [6, 6.07) is 13.7. The van der Waals surface area contributed by atoms with Crippen LogP contribution in [-0.4, -0.2) is 18.3 Å². The minimum atomic E-state index is -0.116. The summed E-state index contributed by atoms with van der Waals surface area (Å²) in [6.45, 7) is 0.0296. The fraction of sp³-hybridized carbons (Fsp3) is 0.154. The molecule has 0 aliphatic rings. The second kappa shape index (κ2) is 4.99. The Kier molecular flexibility index (Phi) is 3.42.